The molecule has 12 heavy (non-hydrogen) atoms. The lowest BCUT2D eigenvalue weighted by atomic mass is 9.97. The van der Waals surface area contributed by atoms with Crippen molar-refractivity contribution >= 4 is 0 Å². The topological polar surface area (TPSA) is 3.24 Å². The summed E-state index contributed by atoms with van der Waals surface area (Å²) < 4.78 is 0. The Labute approximate surface area is 76.1 Å². The van der Waals surface area contributed by atoms with E-state index in [1.54, 1.807) is 0 Å². The maximum Gasteiger partial charge on any atom is 0.00952 e. The van der Waals surface area contributed by atoms with Crippen LogP contribution in [-0.4, -0.2) is 24.0 Å². The number of nitrogens with zero attached hydrogens (tertiary/aromatic N) is 1. The molecule has 0 aromatic carbocycles. The first-order valence-electron chi connectivity index (χ1n) is 5.60. The lowest BCUT2D eigenvalue weighted by Crippen LogP contribution is -2.39. The zero-order chi connectivity index (χ0) is 8.39. The van der Waals surface area contributed by atoms with Gasteiger partial charge in [-0.3, -0.25) is 0 Å². The first kappa shape index (κ1) is 8.55. The van der Waals surface area contributed by atoms with Crippen LogP contribution in [0.25, 0.3) is 0 Å². The average Bonchev–Trinajstić information content (AvgIpc) is 2.58. The van der Waals surface area contributed by atoms with E-state index in [-0.39, 0.29) is 0 Å². The summed E-state index contributed by atoms with van der Waals surface area (Å²) in [5.74, 6) is 0.989. The summed E-state index contributed by atoms with van der Waals surface area (Å²) in [5, 5.41) is 0. The van der Waals surface area contributed by atoms with Crippen molar-refractivity contribution in [3.8, 4) is 0 Å². The fraction of sp³-hybridized carbons (Fsp3) is 1.00. The highest BCUT2D eigenvalue weighted by atomic mass is 15.2. The van der Waals surface area contributed by atoms with E-state index in [0.29, 0.717) is 0 Å². The molecule has 70 valence electrons. The van der Waals surface area contributed by atoms with E-state index in [1.165, 1.54) is 51.6 Å². The van der Waals surface area contributed by atoms with Gasteiger partial charge in [-0.05, 0) is 44.7 Å². The van der Waals surface area contributed by atoms with Gasteiger partial charge in [-0.25, -0.2) is 0 Å². The van der Waals surface area contributed by atoms with E-state index in [9.17, 15) is 0 Å². The van der Waals surface area contributed by atoms with E-state index in [4.69, 9.17) is 0 Å². The number of piperidine rings is 1. The molecule has 2 rings (SSSR count). The number of hydrogen-bond donors (Lipinski definition) is 0. The third kappa shape index (κ3) is 1.82. The monoisotopic (exact) mass is 167 g/mol. The van der Waals surface area contributed by atoms with Crippen molar-refractivity contribution in [1.29, 1.82) is 0 Å². The van der Waals surface area contributed by atoms with E-state index >= 15 is 0 Å². The van der Waals surface area contributed by atoms with Gasteiger partial charge in [-0.1, -0.05) is 19.8 Å². The van der Waals surface area contributed by atoms with Gasteiger partial charge < -0.3 is 4.90 Å². The molecule has 2 aliphatic rings. The molecule has 1 saturated carbocycles. The van der Waals surface area contributed by atoms with Crippen molar-refractivity contribution < 1.29 is 0 Å². The Morgan fingerprint density at radius 1 is 0.917 bits per heavy atom. The summed E-state index contributed by atoms with van der Waals surface area (Å²) >= 11 is 0. The smallest absolute Gasteiger partial charge is 0.00952 e. The number of rotatable bonds is 1. The lowest BCUT2D eigenvalue weighted by molar-refractivity contribution is 0.140. The molecule has 0 amide bonds. The van der Waals surface area contributed by atoms with E-state index in [1.807, 2.05) is 0 Å². The van der Waals surface area contributed by atoms with Gasteiger partial charge in [0.15, 0.2) is 0 Å². The minimum atomic E-state index is 0.970. The molecule has 1 aliphatic heterocycles. The first-order chi connectivity index (χ1) is 5.86. The summed E-state index contributed by atoms with van der Waals surface area (Å²) in [6.07, 6.45) is 8.81. The zero-order valence-electron chi connectivity index (χ0n) is 8.26. The van der Waals surface area contributed by atoms with Crippen LogP contribution >= 0.6 is 0 Å². The summed E-state index contributed by atoms with van der Waals surface area (Å²) in [5.41, 5.74) is 0. The SMILES string of the molecule is CC1CCN(C2CCCC2)CC1. The van der Waals surface area contributed by atoms with E-state index < -0.39 is 0 Å². The van der Waals surface area contributed by atoms with Gasteiger partial charge in [0.1, 0.15) is 0 Å². The van der Waals surface area contributed by atoms with Crippen molar-refractivity contribution in [3.05, 3.63) is 0 Å². The molecule has 1 nitrogen and oxygen atoms in total. The second-order valence-electron chi connectivity index (χ2n) is 4.66. The van der Waals surface area contributed by atoms with Gasteiger partial charge in [0.2, 0.25) is 0 Å². The molecule has 1 heterocycles. The minimum Gasteiger partial charge on any atom is -0.300 e. The van der Waals surface area contributed by atoms with Crippen molar-refractivity contribution in [2.45, 2.75) is 51.5 Å². The molecule has 0 spiro atoms. The largest absolute Gasteiger partial charge is 0.300 e. The molecule has 1 heteroatoms. The summed E-state index contributed by atoms with van der Waals surface area (Å²) in [4.78, 5) is 2.74. The third-order valence-corrected chi connectivity index (χ3v) is 3.66. The highest BCUT2D eigenvalue weighted by Crippen LogP contribution is 2.27. The maximum absolute atomic E-state index is 2.74. The summed E-state index contributed by atoms with van der Waals surface area (Å²) in [6.45, 7) is 5.16. The molecular formula is C11H21N. The highest BCUT2D eigenvalue weighted by molar-refractivity contribution is 4.80. The highest BCUT2D eigenvalue weighted by Gasteiger charge is 2.25. The third-order valence-electron chi connectivity index (χ3n) is 3.66. The fourth-order valence-electron chi connectivity index (χ4n) is 2.66. The van der Waals surface area contributed by atoms with Crippen LogP contribution in [0, 0.1) is 5.92 Å². The molecule has 0 unspecified atom stereocenters. The Morgan fingerprint density at radius 3 is 2.08 bits per heavy atom. The molecule has 0 atom stereocenters. The van der Waals surface area contributed by atoms with Crippen LogP contribution in [0.3, 0.4) is 0 Å². The van der Waals surface area contributed by atoms with Gasteiger partial charge in [0, 0.05) is 6.04 Å². The second kappa shape index (κ2) is 3.78. The van der Waals surface area contributed by atoms with Crippen LogP contribution in [0.2, 0.25) is 0 Å². The molecule has 2 fully saturated rings. The van der Waals surface area contributed by atoms with Gasteiger partial charge in [-0.2, -0.15) is 0 Å². The van der Waals surface area contributed by atoms with Crippen LogP contribution in [0.15, 0.2) is 0 Å². The second-order valence-corrected chi connectivity index (χ2v) is 4.66. The average molecular weight is 167 g/mol. The molecule has 1 saturated heterocycles. The fourth-order valence-corrected chi connectivity index (χ4v) is 2.66. The quantitative estimate of drug-likeness (QED) is 0.580. The Morgan fingerprint density at radius 2 is 1.50 bits per heavy atom. The predicted molar refractivity (Wildman–Crippen MR) is 52.2 cm³/mol. The normalized spacial score (nSPS) is 29.8. The molecule has 0 radical (unpaired) electrons. The van der Waals surface area contributed by atoms with Crippen LogP contribution in [0.1, 0.15) is 45.4 Å². The van der Waals surface area contributed by atoms with E-state index in [0.717, 1.165) is 12.0 Å². The van der Waals surface area contributed by atoms with Crippen LogP contribution in [-0.2, 0) is 0 Å². The van der Waals surface area contributed by atoms with Crippen LogP contribution in [0.5, 0.6) is 0 Å². The van der Waals surface area contributed by atoms with Gasteiger partial charge >= 0.3 is 0 Å². The Balaban J connectivity index is 1.80. The standard InChI is InChI=1S/C11H21N/c1-10-6-8-12(9-7-10)11-4-2-3-5-11/h10-11H,2-9H2,1H3. The van der Waals surface area contributed by atoms with Gasteiger partial charge in [0.25, 0.3) is 0 Å². The Kier molecular flexibility index (Phi) is 2.69. The molecule has 0 N–H and O–H groups in total. The lowest BCUT2D eigenvalue weighted by Gasteiger charge is -2.34. The van der Waals surface area contributed by atoms with Crippen molar-refractivity contribution in [1.82, 2.24) is 4.90 Å². The van der Waals surface area contributed by atoms with E-state index in [2.05, 4.69) is 11.8 Å². The maximum atomic E-state index is 2.74. The van der Waals surface area contributed by atoms with Crippen molar-refractivity contribution in [2.24, 2.45) is 5.92 Å². The zero-order valence-corrected chi connectivity index (χ0v) is 8.26. The number of likely N-dealkylation sites (tertiary alicyclic amines) is 1. The molecule has 1 aliphatic carbocycles. The first-order valence-corrected chi connectivity index (χ1v) is 5.60. The van der Waals surface area contributed by atoms with Crippen molar-refractivity contribution in [3.63, 3.8) is 0 Å². The minimum absolute atomic E-state index is 0.970. The Bertz CT molecular complexity index is 130. The molecular weight excluding hydrogens is 146 g/mol. The Hall–Kier alpha value is -0.0400. The van der Waals surface area contributed by atoms with Crippen LogP contribution in [0.4, 0.5) is 0 Å². The predicted octanol–water partition coefficient (Wildman–Crippen LogP) is 2.66. The number of hydrogen-bond acceptors (Lipinski definition) is 1. The summed E-state index contributed by atoms with van der Waals surface area (Å²) in [7, 11) is 0. The van der Waals surface area contributed by atoms with Gasteiger partial charge in [-0.15, -0.1) is 0 Å². The van der Waals surface area contributed by atoms with Crippen LogP contribution < -0.4 is 0 Å². The molecule has 0 bridgehead atoms. The molecule has 0 aromatic heterocycles. The van der Waals surface area contributed by atoms with Gasteiger partial charge in [0.05, 0.1) is 0 Å². The summed E-state index contributed by atoms with van der Waals surface area (Å²) in [6, 6.07) is 0.970. The van der Waals surface area contributed by atoms with Crippen molar-refractivity contribution in [2.75, 3.05) is 13.1 Å². The molecule has 0 aromatic rings.